The maximum Gasteiger partial charge on any atom is 0.337 e. The molecule has 1 fully saturated rings. The van der Waals surface area contributed by atoms with Gasteiger partial charge in [-0.2, -0.15) is 0 Å². The highest BCUT2D eigenvalue weighted by Crippen LogP contribution is 2.30. The van der Waals surface area contributed by atoms with Crippen LogP contribution >= 0.6 is 11.6 Å². The quantitative estimate of drug-likeness (QED) is 0.892. The van der Waals surface area contributed by atoms with Crippen LogP contribution in [-0.4, -0.2) is 24.2 Å². The maximum atomic E-state index is 11.7. The predicted molar refractivity (Wildman–Crippen MR) is 89.9 cm³/mol. The van der Waals surface area contributed by atoms with E-state index in [0.717, 1.165) is 42.7 Å². The van der Waals surface area contributed by atoms with Crippen molar-refractivity contribution in [1.82, 2.24) is 0 Å². The number of piperidine rings is 1. The molecule has 1 N–H and O–H groups in total. The van der Waals surface area contributed by atoms with Crippen LogP contribution in [0.15, 0.2) is 42.5 Å². The van der Waals surface area contributed by atoms with Crippen LogP contribution in [0.3, 0.4) is 0 Å². The molecule has 0 amide bonds. The van der Waals surface area contributed by atoms with E-state index in [-0.39, 0.29) is 0 Å². The monoisotopic (exact) mass is 315 g/mol. The lowest BCUT2D eigenvalue weighted by Crippen LogP contribution is -2.30. The Morgan fingerprint density at radius 2 is 1.59 bits per heavy atom. The number of hydrogen-bond donors (Lipinski definition) is 1. The molecule has 4 heteroatoms. The summed E-state index contributed by atoms with van der Waals surface area (Å²) >= 11 is 5.91. The Hall–Kier alpha value is -2.00. The van der Waals surface area contributed by atoms with E-state index in [4.69, 9.17) is 11.6 Å². The molecule has 0 bridgehead atoms. The number of rotatable bonds is 3. The molecule has 22 heavy (non-hydrogen) atoms. The highest BCUT2D eigenvalue weighted by atomic mass is 35.5. The van der Waals surface area contributed by atoms with Gasteiger partial charge in [-0.1, -0.05) is 29.8 Å². The summed E-state index contributed by atoms with van der Waals surface area (Å²) in [6, 6.07) is 13.1. The molecule has 1 aliphatic rings. The molecule has 2 aromatic carbocycles. The highest BCUT2D eigenvalue weighted by molar-refractivity contribution is 6.30. The van der Waals surface area contributed by atoms with E-state index < -0.39 is 5.97 Å². The Morgan fingerprint density at radius 3 is 2.23 bits per heavy atom. The molecule has 3 nitrogen and oxygen atoms in total. The minimum atomic E-state index is -0.878. The van der Waals surface area contributed by atoms with Crippen LogP contribution in [0.25, 0.3) is 11.1 Å². The summed E-state index contributed by atoms with van der Waals surface area (Å²) in [6.07, 6.45) is 3.47. The van der Waals surface area contributed by atoms with Gasteiger partial charge in [-0.05, 0) is 54.7 Å². The highest BCUT2D eigenvalue weighted by Gasteiger charge is 2.18. The summed E-state index contributed by atoms with van der Waals surface area (Å²) < 4.78 is 0. The van der Waals surface area contributed by atoms with Crippen LogP contribution in [0.4, 0.5) is 5.69 Å². The molecule has 1 saturated heterocycles. The summed E-state index contributed by atoms with van der Waals surface area (Å²) in [5.74, 6) is -0.878. The van der Waals surface area contributed by atoms with Gasteiger partial charge >= 0.3 is 5.97 Å². The van der Waals surface area contributed by atoms with Crippen molar-refractivity contribution in [3.05, 3.63) is 53.1 Å². The number of hydrogen-bond acceptors (Lipinski definition) is 2. The molecular weight excluding hydrogens is 298 g/mol. The lowest BCUT2D eigenvalue weighted by Gasteiger charge is -2.30. The third kappa shape index (κ3) is 3.09. The van der Waals surface area contributed by atoms with Crippen LogP contribution in [0.2, 0.25) is 5.02 Å². The minimum absolute atomic E-state index is 0.370. The minimum Gasteiger partial charge on any atom is -0.478 e. The standard InChI is InChI=1S/C18H18ClNO2/c19-15-7-4-13(5-8-15)14-6-9-17(16(12-14)18(21)22)20-10-2-1-3-11-20/h4-9,12H,1-3,10-11H2,(H,21,22). The van der Waals surface area contributed by atoms with E-state index in [1.54, 1.807) is 6.07 Å². The number of aromatic carboxylic acids is 1. The zero-order chi connectivity index (χ0) is 15.5. The second kappa shape index (κ2) is 6.41. The van der Waals surface area contributed by atoms with E-state index in [1.807, 2.05) is 36.4 Å². The molecule has 0 aromatic heterocycles. The first-order valence-electron chi connectivity index (χ1n) is 7.53. The molecule has 0 unspecified atom stereocenters. The number of benzene rings is 2. The molecule has 0 spiro atoms. The zero-order valence-electron chi connectivity index (χ0n) is 12.3. The molecule has 2 aromatic rings. The summed E-state index contributed by atoms with van der Waals surface area (Å²) in [5, 5.41) is 10.2. The van der Waals surface area contributed by atoms with Crippen molar-refractivity contribution in [1.29, 1.82) is 0 Å². The Bertz CT molecular complexity index is 676. The number of halogens is 1. The van der Waals surface area contributed by atoms with Crippen molar-refractivity contribution < 1.29 is 9.90 Å². The van der Waals surface area contributed by atoms with Gasteiger partial charge in [0.2, 0.25) is 0 Å². The number of carbonyl (C=O) groups is 1. The molecule has 114 valence electrons. The molecule has 0 radical (unpaired) electrons. The van der Waals surface area contributed by atoms with Crippen molar-refractivity contribution in [2.75, 3.05) is 18.0 Å². The lowest BCUT2D eigenvalue weighted by atomic mass is 10.00. The second-order valence-corrected chi connectivity index (χ2v) is 6.03. The van der Waals surface area contributed by atoms with Gasteiger partial charge in [0.05, 0.1) is 11.3 Å². The Kier molecular flexibility index (Phi) is 4.34. The van der Waals surface area contributed by atoms with Crippen molar-refractivity contribution in [3.8, 4) is 11.1 Å². The maximum absolute atomic E-state index is 11.7. The fraction of sp³-hybridized carbons (Fsp3) is 0.278. The van der Waals surface area contributed by atoms with E-state index in [0.29, 0.717) is 10.6 Å². The molecular formula is C18H18ClNO2. The first-order chi connectivity index (χ1) is 10.6. The van der Waals surface area contributed by atoms with Gasteiger partial charge in [0.25, 0.3) is 0 Å². The number of anilines is 1. The van der Waals surface area contributed by atoms with Crippen molar-refractivity contribution >= 4 is 23.3 Å². The number of carboxylic acid groups (broad SMARTS) is 1. The van der Waals surface area contributed by atoms with Gasteiger partial charge in [0, 0.05) is 18.1 Å². The van der Waals surface area contributed by atoms with Crippen LogP contribution < -0.4 is 4.90 Å². The van der Waals surface area contributed by atoms with Crippen LogP contribution in [-0.2, 0) is 0 Å². The fourth-order valence-corrected chi connectivity index (χ4v) is 3.07. The van der Waals surface area contributed by atoms with Crippen molar-refractivity contribution in [2.45, 2.75) is 19.3 Å². The third-order valence-electron chi connectivity index (χ3n) is 4.10. The summed E-state index contributed by atoms with van der Waals surface area (Å²) in [4.78, 5) is 13.8. The van der Waals surface area contributed by atoms with Gasteiger partial charge in [-0.25, -0.2) is 4.79 Å². The van der Waals surface area contributed by atoms with E-state index in [1.165, 1.54) is 6.42 Å². The van der Waals surface area contributed by atoms with Crippen molar-refractivity contribution in [2.24, 2.45) is 0 Å². The molecule has 3 rings (SSSR count). The largest absolute Gasteiger partial charge is 0.478 e. The Morgan fingerprint density at radius 1 is 0.955 bits per heavy atom. The van der Waals surface area contributed by atoms with E-state index in [2.05, 4.69) is 4.90 Å². The summed E-state index contributed by atoms with van der Waals surface area (Å²) in [5.41, 5.74) is 3.06. The average Bonchev–Trinajstić information content (AvgIpc) is 2.56. The molecule has 0 aliphatic carbocycles. The first kappa shape index (κ1) is 14.9. The lowest BCUT2D eigenvalue weighted by molar-refractivity contribution is 0.0697. The van der Waals surface area contributed by atoms with Crippen molar-refractivity contribution in [3.63, 3.8) is 0 Å². The van der Waals surface area contributed by atoms with Gasteiger partial charge in [0.15, 0.2) is 0 Å². The average molecular weight is 316 g/mol. The first-order valence-corrected chi connectivity index (χ1v) is 7.91. The van der Waals surface area contributed by atoms with Crippen LogP contribution in [0.1, 0.15) is 29.6 Å². The smallest absolute Gasteiger partial charge is 0.337 e. The fourth-order valence-electron chi connectivity index (χ4n) is 2.94. The summed E-state index contributed by atoms with van der Waals surface area (Å²) in [7, 11) is 0. The van der Waals surface area contributed by atoms with E-state index in [9.17, 15) is 9.90 Å². The number of carboxylic acids is 1. The Labute approximate surface area is 135 Å². The van der Waals surface area contributed by atoms with Crippen LogP contribution in [0, 0.1) is 0 Å². The van der Waals surface area contributed by atoms with Gasteiger partial charge < -0.3 is 10.0 Å². The molecule has 1 heterocycles. The molecule has 0 saturated carbocycles. The Balaban J connectivity index is 1.99. The van der Waals surface area contributed by atoms with E-state index >= 15 is 0 Å². The molecule has 0 atom stereocenters. The second-order valence-electron chi connectivity index (χ2n) is 5.59. The van der Waals surface area contributed by atoms with Crippen LogP contribution in [0.5, 0.6) is 0 Å². The topological polar surface area (TPSA) is 40.5 Å². The summed E-state index contributed by atoms with van der Waals surface area (Å²) in [6.45, 7) is 1.86. The third-order valence-corrected chi connectivity index (χ3v) is 4.35. The van der Waals surface area contributed by atoms with Gasteiger partial charge in [-0.15, -0.1) is 0 Å². The normalized spacial score (nSPS) is 14.9. The SMILES string of the molecule is O=C(O)c1cc(-c2ccc(Cl)cc2)ccc1N1CCCCC1. The van der Waals surface area contributed by atoms with Gasteiger partial charge in [-0.3, -0.25) is 0 Å². The number of nitrogens with zero attached hydrogens (tertiary/aromatic N) is 1. The predicted octanol–water partition coefficient (Wildman–Crippen LogP) is 4.70. The van der Waals surface area contributed by atoms with Gasteiger partial charge in [0.1, 0.15) is 0 Å². The molecule has 1 aliphatic heterocycles. The zero-order valence-corrected chi connectivity index (χ0v) is 13.0.